The number of amides is 2. The van der Waals surface area contributed by atoms with Gasteiger partial charge in [-0.1, -0.05) is 0 Å². The lowest BCUT2D eigenvalue weighted by molar-refractivity contribution is -0.136. The number of benzene rings is 1. The minimum atomic E-state index is -0.959. The molecule has 3 rings (SSSR count). The Morgan fingerprint density at radius 1 is 1.04 bits per heavy atom. The van der Waals surface area contributed by atoms with Gasteiger partial charge < -0.3 is 15.7 Å². The molecule has 136 valence electrons. The van der Waals surface area contributed by atoms with Crippen molar-refractivity contribution in [2.45, 2.75) is 32.1 Å². The van der Waals surface area contributed by atoms with Gasteiger partial charge in [0, 0.05) is 28.1 Å². The van der Waals surface area contributed by atoms with Crippen LogP contribution in [0, 0.1) is 0 Å². The zero-order chi connectivity index (χ0) is 18.5. The summed E-state index contributed by atoms with van der Waals surface area (Å²) in [6, 6.07) is 6.55. The lowest BCUT2D eigenvalue weighted by atomic mass is 9.95. The van der Waals surface area contributed by atoms with E-state index in [0.29, 0.717) is 11.3 Å². The van der Waals surface area contributed by atoms with Gasteiger partial charge in [-0.15, -0.1) is 11.3 Å². The van der Waals surface area contributed by atoms with Crippen LogP contribution in [0.15, 0.2) is 29.6 Å². The SMILES string of the molecule is O=C(O)CCNC(=O)c1ccc(NC(=O)c2csc3c2CCCC3)cc1. The molecule has 1 heterocycles. The summed E-state index contributed by atoms with van der Waals surface area (Å²) in [5.41, 5.74) is 2.96. The van der Waals surface area contributed by atoms with E-state index in [1.807, 2.05) is 5.38 Å². The van der Waals surface area contributed by atoms with Crippen LogP contribution in [-0.4, -0.2) is 29.4 Å². The maximum absolute atomic E-state index is 12.5. The van der Waals surface area contributed by atoms with Crippen molar-refractivity contribution in [1.82, 2.24) is 5.32 Å². The Morgan fingerprint density at radius 3 is 2.50 bits per heavy atom. The lowest BCUT2D eigenvalue weighted by Gasteiger charge is -2.13. The Morgan fingerprint density at radius 2 is 1.77 bits per heavy atom. The number of hydrogen-bond acceptors (Lipinski definition) is 4. The van der Waals surface area contributed by atoms with Gasteiger partial charge in [-0.25, -0.2) is 0 Å². The molecule has 26 heavy (non-hydrogen) atoms. The molecule has 1 aromatic heterocycles. The summed E-state index contributed by atoms with van der Waals surface area (Å²) in [5.74, 6) is -1.42. The molecule has 0 aliphatic heterocycles. The monoisotopic (exact) mass is 372 g/mol. The van der Waals surface area contributed by atoms with Crippen LogP contribution < -0.4 is 10.6 Å². The molecule has 0 saturated carbocycles. The normalized spacial score (nSPS) is 12.9. The predicted molar refractivity (Wildman–Crippen MR) is 99.9 cm³/mol. The number of aryl methyl sites for hydroxylation is 1. The number of anilines is 1. The second kappa shape index (κ2) is 8.14. The molecule has 2 amide bonds. The molecule has 0 radical (unpaired) electrons. The van der Waals surface area contributed by atoms with Gasteiger partial charge in [0.2, 0.25) is 0 Å². The van der Waals surface area contributed by atoms with Crippen LogP contribution in [0.5, 0.6) is 0 Å². The fraction of sp³-hybridized carbons (Fsp3) is 0.316. The molecule has 0 unspecified atom stereocenters. The first-order valence-electron chi connectivity index (χ1n) is 8.55. The summed E-state index contributed by atoms with van der Waals surface area (Å²) in [6.45, 7) is 0.0793. The largest absolute Gasteiger partial charge is 0.481 e. The number of fused-ring (bicyclic) bond motifs is 1. The van der Waals surface area contributed by atoms with Crippen LogP contribution in [0.1, 0.15) is 50.4 Å². The van der Waals surface area contributed by atoms with Crippen LogP contribution in [-0.2, 0) is 17.6 Å². The van der Waals surface area contributed by atoms with Gasteiger partial charge in [-0.3, -0.25) is 14.4 Å². The van der Waals surface area contributed by atoms with Gasteiger partial charge in [0.15, 0.2) is 0 Å². The standard InChI is InChI=1S/C19H20N2O4S/c22-17(23)9-10-20-18(24)12-5-7-13(8-6-12)21-19(25)15-11-26-16-4-2-1-3-14(15)16/h5-8,11H,1-4,9-10H2,(H,20,24)(H,21,25)(H,22,23). The van der Waals surface area contributed by atoms with Crippen molar-refractivity contribution >= 4 is 34.8 Å². The first-order valence-corrected chi connectivity index (χ1v) is 9.43. The van der Waals surface area contributed by atoms with Crippen molar-refractivity contribution in [1.29, 1.82) is 0 Å². The number of carbonyl (C=O) groups excluding carboxylic acids is 2. The highest BCUT2D eigenvalue weighted by atomic mass is 32.1. The first-order chi connectivity index (χ1) is 12.5. The fourth-order valence-electron chi connectivity index (χ4n) is 2.97. The minimum Gasteiger partial charge on any atom is -0.481 e. The summed E-state index contributed by atoms with van der Waals surface area (Å²) in [6.07, 6.45) is 4.20. The Hall–Kier alpha value is -2.67. The summed E-state index contributed by atoms with van der Waals surface area (Å²) in [4.78, 5) is 36.2. The van der Waals surface area contributed by atoms with E-state index in [4.69, 9.17) is 5.11 Å². The number of carbonyl (C=O) groups is 3. The lowest BCUT2D eigenvalue weighted by Crippen LogP contribution is -2.25. The second-order valence-corrected chi connectivity index (χ2v) is 7.15. The van der Waals surface area contributed by atoms with Gasteiger partial charge in [-0.05, 0) is 55.5 Å². The third-order valence-electron chi connectivity index (χ3n) is 4.34. The zero-order valence-corrected chi connectivity index (χ0v) is 15.0. The van der Waals surface area contributed by atoms with Crippen molar-refractivity contribution in [2.75, 3.05) is 11.9 Å². The Labute approximate surface area is 155 Å². The number of nitrogens with one attached hydrogen (secondary N) is 2. The summed E-state index contributed by atoms with van der Waals surface area (Å²) in [5, 5.41) is 15.9. The van der Waals surface area contributed by atoms with Crippen molar-refractivity contribution < 1.29 is 19.5 Å². The van der Waals surface area contributed by atoms with E-state index in [-0.39, 0.29) is 24.8 Å². The number of carboxylic acid groups (broad SMARTS) is 1. The van der Waals surface area contributed by atoms with Crippen LogP contribution >= 0.6 is 11.3 Å². The Balaban J connectivity index is 1.60. The van der Waals surface area contributed by atoms with Crippen molar-refractivity contribution in [3.63, 3.8) is 0 Å². The summed E-state index contributed by atoms with van der Waals surface area (Å²) in [7, 11) is 0. The van der Waals surface area contributed by atoms with Gasteiger partial charge in [0.25, 0.3) is 11.8 Å². The maximum Gasteiger partial charge on any atom is 0.305 e. The molecule has 3 N–H and O–H groups in total. The van der Waals surface area contributed by atoms with E-state index in [1.165, 1.54) is 16.9 Å². The van der Waals surface area contributed by atoms with Crippen LogP contribution in [0.25, 0.3) is 0 Å². The quantitative estimate of drug-likeness (QED) is 0.726. The molecule has 1 aromatic carbocycles. The molecule has 7 heteroatoms. The van der Waals surface area contributed by atoms with Gasteiger partial charge >= 0.3 is 5.97 Å². The smallest absolute Gasteiger partial charge is 0.305 e. The van der Waals surface area contributed by atoms with Crippen molar-refractivity contribution in [2.24, 2.45) is 0 Å². The van der Waals surface area contributed by atoms with E-state index in [2.05, 4.69) is 10.6 Å². The molecule has 0 spiro atoms. The van der Waals surface area contributed by atoms with Gasteiger partial charge in [0.1, 0.15) is 0 Å². The number of aliphatic carboxylic acids is 1. The number of hydrogen-bond donors (Lipinski definition) is 3. The highest BCUT2D eigenvalue weighted by Gasteiger charge is 2.20. The maximum atomic E-state index is 12.5. The highest BCUT2D eigenvalue weighted by Crippen LogP contribution is 2.30. The minimum absolute atomic E-state index is 0.0793. The number of thiophene rings is 1. The molecule has 0 fully saturated rings. The second-order valence-electron chi connectivity index (χ2n) is 6.19. The summed E-state index contributed by atoms with van der Waals surface area (Å²) < 4.78 is 0. The third-order valence-corrected chi connectivity index (χ3v) is 5.42. The molecule has 1 aliphatic carbocycles. The zero-order valence-electron chi connectivity index (χ0n) is 14.2. The topological polar surface area (TPSA) is 95.5 Å². The van der Waals surface area contributed by atoms with E-state index in [0.717, 1.165) is 24.8 Å². The number of carboxylic acids is 1. The average molecular weight is 372 g/mol. The molecule has 1 aliphatic rings. The van der Waals surface area contributed by atoms with Crippen LogP contribution in [0.2, 0.25) is 0 Å². The first kappa shape index (κ1) is 18.1. The predicted octanol–water partition coefficient (Wildman–Crippen LogP) is 3.08. The Kier molecular flexibility index (Phi) is 5.68. The van der Waals surface area contributed by atoms with E-state index in [9.17, 15) is 14.4 Å². The van der Waals surface area contributed by atoms with Crippen LogP contribution in [0.4, 0.5) is 5.69 Å². The average Bonchev–Trinajstić information content (AvgIpc) is 3.06. The third kappa shape index (κ3) is 4.29. The molecule has 0 atom stereocenters. The molecule has 6 nitrogen and oxygen atoms in total. The fourth-order valence-corrected chi connectivity index (χ4v) is 4.10. The highest BCUT2D eigenvalue weighted by molar-refractivity contribution is 7.10. The summed E-state index contributed by atoms with van der Waals surface area (Å²) >= 11 is 1.65. The molecular formula is C19H20N2O4S. The van der Waals surface area contributed by atoms with Crippen molar-refractivity contribution in [3.05, 3.63) is 51.2 Å². The van der Waals surface area contributed by atoms with Crippen LogP contribution in [0.3, 0.4) is 0 Å². The molecular weight excluding hydrogens is 352 g/mol. The number of rotatable bonds is 6. The van der Waals surface area contributed by atoms with E-state index >= 15 is 0 Å². The van der Waals surface area contributed by atoms with E-state index in [1.54, 1.807) is 35.6 Å². The van der Waals surface area contributed by atoms with Gasteiger partial charge in [0.05, 0.1) is 12.0 Å². The molecule has 0 saturated heterocycles. The van der Waals surface area contributed by atoms with Gasteiger partial charge in [-0.2, -0.15) is 0 Å². The Bertz CT molecular complexity index is 827. The van der Waals surface area contributed by atoms with Crippen molar-refractivity contribution in [3.8, 4) is 0 Å². The molecule has 2 aromatic rings. The van der Waals surface area contributed by atoms with E-state index < -0.39 is 5.97 Å². The molecule has 0 bridgehead atoms.